The number of nitrogens with zero attached hydrogens (tertiary/aromatic N) is 4. The highest BCUT2D eigenvalue weighted by atomic mass is 35.5. The fourth-order valence-electron chi connectivity index (χ4n) is 2.85. The van der Waals surface area contributed by atoms with Crippen molar-refractivity contribution < 1.29 is 12.8 Å². The summed E-state index contributed by atoms with van der Waals surface area (Å²) in [5.41, 5.74) is 0.949. The second-order valence-corrected chi connectivity index (χ2v) is 9.68. The average molecular weight is 478 g/mol. The molecule has 160 valence electrons. The van der Waals surface area contributed by atoms with Gasteiger partial charge >= 0.3 is 0 Å². The Morgan fingerprint density at radius 2 is 1.84 bits per heavy atom. The molecule has 31 heavy (non-hydrogen) atoms. The largest absolute Gasteiger partial charge is 0.240 e. The van der Waals surface area contributed by atoms with Crippen LogP contribution in [0.15, 0.2) is 70.6 Å². The summed E-state index contributed by atoms with van der Waals surface area (Å²) in [5, 5.41) is 13.7. The first-order valence-corrected chi connectivity index (χ1v) is 12.1. The molecule has 0 radical (unpaired) electrons. The molecule has 0 atom stereocenters. The van der Waals surface area contributed by atoms with Gasteiger partial charge in [0.05, 0.1) is 4.90 Å². The second kappa shape index (κ2) is 9.31. The average Bonchev–Trinajstić information content (AvgIpc) is 3.16. The summed E-state index contributed by atoms with van der Waals surface area (Å²) in [4.78, 5) is 0.199. The first kappa shape index (κ1) is 21.7. The number of rotatable bonds is 8. The van der Waals surface area contributed by atoms with Gasteiger partial charge in [0.1, 0.15) is 10.8 Å². The Balaban J connectivity index is 1.45. The van der Waals surface area contributed by atoms with Gasteiger partial charge in [0.25, 0.3) is 0 Å². The zero-order chi connectivity index (χ0) is 21.8. The molecule has 0 aliphatic heterocycles. The standard InChI is InChI=1S/C20H17ClFN5O2S2/c21-16-7-4-8-17(22)15(16)13-30-20-10-9-18-24-25-19(27(18)26-20)11-12-23-31(28,29)14-5-2-1-3-6-14/h1-10,23H,11-13H2. The molecular weight excluding hydrogens is 461 g/mol. The summed E-state index contributed by atoms with van der Waals surface area (Å²) in [6.45, 7) is 0.141. The van der Waals surface area contributed by atoms with Crippen molar-refractivity contribution in [2.24, 2.45) is 0 Å². The van der Waals surface area contributed by atoms with Gasteiger partial charge in [-0.25, -0.2) is 17.5 Å². The van der Waals surface area contributed by atoms with Crippen molar-refractivity contribution >= 4 is 39.0 Å². The highest BCUT2D eigenvalue weighted by Gasteiger charge is 2.15. The number of halogens is 2. The summed E-state index contributed by atoms with van der Waals surface area (Å²) in [6, 6.07) is 16.2. The van der Waals surface area contributed by atoms with Gasteiger partial charge in [-0.15, -0.1) is 10.2 Å². The predicted octanol–water partition coefficient (Wildman–Crippen LogP) is 3.73. The van der Waals surface area contributed by atoms with Gasteiger partial charge in [-0.05, 0) is 36.4 Å². The molecule has 11 heteroatoms. The van der Waals surface area contributed by atoms with Gasteiger partial charge in [0.2, 0.25) is 10.0 Å². The van der Waals surface area contributed by atoms with Crippen LogP contribution in [0, 0.1) is 5.82 Å². The third-order valence-corrected chi connectivity index (χ3v) is 7.20. The van der Waals surface area contributed by atoms with Gasteiger partial charge in [-0.3, -0.25) is 0 Å². The van der Waals surface area contributed by atoms with E-state index in [1.54, 1.807) is 47.0 Å². The number of aromatic nitrogens is 4. The molecule has 0 bridgehead atoms. The fourth-order valence-corrected chi connectivity index (χ4v) is 5.10. The molecule has 4 aromatic rings. The van der Waals surface area contributed by atoms with Crippen LogP contribution >= 0.6 is 23.4 Å². The first-order valence-electron chi connectivity index (χ1n) is 9.26. The van der Waals surface area contributed by atoms with E-state index in [4.69, 9.17) is 11.6 Å². The van der Waals surface area contributed by atoms with Gasteiger partial charge in [-0.2, -0.15) is 9.61 Å². The minimum Gasteiger partial charge on any atom is -0.211 e. The zero-order valence-electron chi connectivity index (χ0n) is 16.1. The molecule has 2 aromatic carbocycles. The Bertz CT molecular complexity index is 1300. The fraction of sp³-hybridized carbons (Fsp3) is 0.150. The lowest BCUT2D eigenvalue weighted by atomic mass is 10.2. The van der Waals surface area contributed by atoms with E-state index in [-0.39, 0.29) is 17.3 Å². The molecule has 1 N–H and O–H groups in total. The monoisotopic (exact) mass is 477 g/mol. The highest BCUT2D eigenvalue weighted by Crippen LogP contribution is 2.27. The van der Waals surface area contributed by atoms with Crippen LogP contribution in [0.4, 0.5) is 4.39 Å². The Morgan fingerprint density at radius 1 is 1.03 bits per heavy atom. The van der Waals surface area contributed by atoms with E-state index >= 15 is 0 Å². The van der Waals surface area contributed by atoms with E-state index in [1.807, 2.05) is 0 Å². The number of hydrogen-bond donors (Lipinski definition) is 1. The normalized spacial score (nSPS) is 11.8. The van der Waals surface area contributed by atoms with Gasteiger partial charge in [0.15, 0.2) is 11.5 Å². The van der Waals surface area contributed by atoms with Crippen LogP contribution < -0.4 is 4.72 Å². The van der Waals surface area contributed by atoms with Crippen LogP contribution in [0.3, 0.4) is 0 Å². The minimum absolute atomic E-state index is 0.141. The second-order valence-electron chi connectivity index (χ2n) is 6.51. The van der Waals surface area contributed by atoms with Crippen molar-refractivity contribution in [1.29, 1.82) is 0 Å². The summed E-state index contributed by atoms with van der Waals surface area (Å²) < 4.78 is 42.8. The molecule has 0 fully saturated rings. The molecule has 2 heterocycles. The molecule has 0 saturated heterocycles. The van der Waals surface area contributed by atoms with Crippen LogP contribution in [0.2, 0.25) is 5.02 Å². The van der Waals surface area contributed by atoms with Crippen LogP contribution in [0.1, 0.15) is 11.4 Å². The predicted molar refractivity (Wildman–Crippen MR) is 117 cm³/mol. The maximum absolute atomic E-state index is 14.0. The van der Waals surface area contributed by atoms with Crippen molar-refractivity contribution in [3.05, 3.63) is 82.9 Å². The van der Waals surface area contributed by atoms with E-state index in [0.717, 1.165) is 0 Å². The Kier molecular flexibility index (Phi) is 6.51. The number of nitrogens with one attached hydrogen (secondary N) is 1. The summed E-state index contributed by atoms with van der Waals surface area (Å²) >= 11 is 7.41. The van der Waals surface area contributed by atoms with Crippen LogP contribution in [0.5, 0.6) is 0 Å². The molecule has 7 nitrogen and oxygen atoms in total. The van der Waals surface area contributed by atoms with Crippen molar-refractivity contribution in [2.75, 3.05) is 6.54 Å². The quantitative estimate of drug-likeness (QED) is 0.389. The Morgan fingerprint density at radius 3 is 2.61 bits per heavy atom. The molecule has 0 amide bonds. The number of thioether (sulfide) groups is 1. The lowest BCUT2D eigenvalue weighted by molar-refractivity contribution is 0.580. The third-order valence-electron chi connectivity index (χ3n) is 4.42. The molecular formula is C20H17ClFN5O2S2. The molecule has 0 saturated carbocycles. The molecule has 0 aliphatic rings. The van der Waals surface area contributed by atoms with Crippen LogP contribution in [0.25, 0.3) is 5.65 Å². The van der Waals surface area contributed by atoms with E-state index in [9.17, 15) is 12.8 Å². The Hall–Kier alpha value is -2.53. The lowest BCUT2D eigenvalue weighted by Crippen LogP contribution is -2.26. The number of sulfonamides is 1. The smallest absolute Gasteiger partial charge is 0.211 e. The zero-order valence-corrected chi connectivity index (χ0v) is 18.5. The topological polar surface area (TPSA) is 89.2 Å². The first-order chi connectivity index (χ1) is 14.9. The van der Waals surface area contributed by atoms with Crippen LogP contribution in [-0.4, -0.2) is 34.8 Å². The summed E-state index contributed by atoms with van der Waals surface area (Å²) in [6.07, 6.45) is 0.299. The number of hydrogen-bond acceptors (Lipinski definition) is 6. The summed E-state index contributed by atoms with van der Waals surface area (Å²) in [7, 11) is -3.60. The third kappa shape index (κ3) is 5.04. The van der Waals surface area contributed by atoms with Gasteiger partial charge in [-0.1, -0.05) is 47.6 Å². The highest BCUT2D eigenvalue weighted by molar-refractivity contribution is 7.98. The van der Waals surface area contributed by atoms with Crippen molar-refractivity contribution in [2.45, 2.75) is 22.1 Å². The number of benzene rings is 2. The van der Waals surface area contributed by atoms with E-state index in [2.05, 4.69) is 20.0 Å². The van der Waals surface area contributed by atoms with E-state index in [1.165, 1.54) is 30.0 Å². The van der Waals surface area contributed by atoms with Gasteiger partial charge < -0.3 is 0 Å². The molecule has 0 spiro atoms. The molecule has 2 aromatic heterocycles. The van der Waals surface area contributed by atoms with E-state index in [0.29, 0.717) is 39.3 Å². The van der Waals surface area contributed by atoms with Crippen molar-refractivity contribution in [3.8, 4) is 0 Å². The van der Waals surface area contributed by atoms with Crippen LogP contribution in [-0.2, 0) is 22.2 Å². The summed E-state index contributed by atoms with van der Waals surface area (Å²) in [5.74, 6) is 0.465. The minimum atomic E-state index is -3.60. The Labute approximate surface area is 187 Å². The van der Waals surface area contributed by atoms with Gasteiger partial charge in [0, 0.05) is 29.3 Å². The lowest BCUT2D eigenvalue weighted by Gasteiger charge is -2.07. The maximum atomic E-state index is 14.0. The molecule has 0 unspecified atom stereocenters. The van der Waals surface area contributed by atoms with Crippen molar-refractivity contribution in [3.63, 3.8) is 0 Å². The number of fused-ring (bicyclic) bond motifs is 1. The SMILES string of the molecule is O=S(=O)(NCCc1nnc2ccc(SCc3c(F)cccc3Cl)nn12)c1ccccc1. The molecule has 4 rings (SSSR count). The van der Waals surface area contributed by atoms with Crippen molar-refractivity contribution in [1.82, 2.24) is 24.5 Å². The molecule has 0 aliphatic carbocycles. The van der Waals surface area contributed by atoms with E-state index < -0.39 is 10.0 Å². The maximum Gasteiger partial charge on any atom is 0.240 e.